The van der Waals surface area contributed by atoms with Gasteiger partial charge < -0.3 is 20.5 Å². The lowest BCUT2D eigenvalue weighted by Crippen LogP contribution is -2.34. The first kappa shape index (κ1) is 17.9. The van der Waals surface area contributed by atoms with Crippen molar-refractivity contribution in [2.75, 3.05) is 18.2 Å². The Morgan fingerprint density at radius 2 is 2.04 bits per heavy atom. The fourth-order valence-corrected chi connectivity index (χ4v) is 1.60. The van der Waals surface area contributed by atoms with Gasteiger partial charge in [-0.25, -0.2) is 0 Å². The third kappa shape index (κ3) is 5.26. The Hall–Kier alpha value is -3.17. The number of anilines is 2. The van der Waals surface area contributed by atoms with Crippen LogP contribution in [0.15, 0.2) is 18.2 Å². The minimum Gasteiger partial charge on any atom is -0.469 e. The van der Waals surface area contributed by atoms with Gasteiger partial charge in [0.15, 0.2) is 6.10 Å². The second-order valence-electron chi connectivity index (χ2n) is 4.40. The van der Waals surface area contributed by atoms with Gasteiger partial charge >= 0.3 is 11.9 Å². The molecule has 1 aromatic carbocycles. The van der Waals surface area contributed by atoms with Crippen LogP contribution in [0.3, 0.4) is 0 Å². The van der Waals surface area contributed by atoms with Crippen LogP contribution in [0.5, 0.6) is 0 Å². The van der Waals surface area contributed by atoms with Gasteiger partial charge in [-0.05, 0) is 6.07 Å². The summed E-state index contributed by atoms with van der Waals surface area (Å²) >= 11 is 0. The average molecular weight is 325 g/mol. The number of nitro groups is 1. The summed E-state index contributed by atoms with van der Waals surface area (Å²) in [4.78, 5) is 44.5. The molecule has 0 heterocycles. The van der Waals surface area contributed by atoms with Crippen molar-refractivity contribution in [2.45, 2.75) is 19.4 Å². The number of nitrogen functional groups attached to an aromatic ring is 1. The van der Waals surface area contributed by atoms with Gasteiger partial charge in [-0.15, -0.1) is 0 Å². The van der Waals surface area contributed by atoms with E-state index in [0.717, 1.165) is 20.1 Å². The molecular formula is C13H15N3O7. The second kappa shape index (κ2) is 7.73. The number of carbonyl (C=O) groups is 3. The predicted octanol–water partition coefficient (Wildman–Crippen LogP) is 0.610. The van der Waals surface area contributed by atoms with Crippen molar-refractivity contribution in [3.8, 4) is 0 Å². The Morgan fingerprint density at radius 3 is 2.57 bits per heavy atom. The highest BCUT2D eigenvalue weighted by Crippen LogP contribution is 2.24. The number of rotatable bonds is 6. The molecule has 0 saturated heterocycles. The number of non-ortho nitro benzene ring substituents is 1. The Morgan fingerprint density at radius 1 is 1.39 bits per heavy atom. The molecule has 1 atom stereocenters. The zero-order valence-corrected chi connectivity index (χ0v) is 12.4. The number of nitrogens with one attached hydrogen (secondary N) is 1. The summed E-state index contributed by atoms with van der Waals surface area (Å²) in [6.45, 7) is 1.07. The van der Waals surface area contributed by atoms with Crippen LogP contribution in [0, 0.1) is 10.1 Å². The summed E-state index contributed by atoms with van der Waals surface area (Å²) < 4.78 is 9.16. The largest absolute Gasteiger partial charge is 0.469 e. The quantitative estimate of drug-likeness (QED) is 0.334. The van der Waals surface area contributed by atoms with Gasteiger partial charge in [0, 0.05) is 19.1 Å². The summed E-state index contributed by atoms with van der Waals surface area (Å²) in [5.74, 6) is -2.41. The average Bonchev–Trinajstić information content (AvgIpc) is 2.47. The lowest BCUT2D eigenvalue weighted by molar-refractivity contribution is -0.384. The molecule has 1 aromatic rings. The molecule has 1 rings (SSSR count). The van der Waals surface area contributed by atoms with Crippen molar-refractivity contribution in [1.29, 1.82) is 0 Å². The molecule has 23 heavy (non-hydrogen) atoms. The van der Waals surface area contributed by atoms with Crippen LogP contribution in [0.2, 0.25) is 0 Å². The van der Waals surface area contributed by atoms with Gasteiger partial charge in [-0.1, -0.05) is 0 Å². The number of hydrogen-bond donors (Lipinski definition) is 2. The third-order valence-corrected chi connectivity index (χ3v) is 2.69. The standard InChI is InChI=1S/C13H15N3O7/c1-7(17)23-11(6-12(18)22-2)13(19)15-10-5-8(16(20)21)3-4-9(10)14/h3-5,11H,6,14H2,1-2H3,(H,15,19). The molecule has 0 aliphatic carbocycles. The van der Waals surface area contributed by atoms with Gasteiger partial charge in [0.2, 0.25) is 0 Å². The van der Waals surface area contributed by atoms with Crippen molar-refractivity contribution < 1.29 is 28.8 Å². The van der Waals surface area contributed by atoms with Gasteiger partial charge in [0.25, 0.3) is 11.6 Å². The molecule has 0 aliphatic heterocycles. The van der Waals surface area contributed by atoms with Crippen molar-refractivity contribution in [2.24, 2.45) is 0 Å². The van der Waals surface area contributed by atoms with E-state index in [1.54, 1.807) is 0 Å². The summed E-state index contributed by atoms with van der Waals surface area (Å²) in [7, 11) is 1.11. The molecule has 0 spiro atoms. The molecule has 0 radical (unpaired) electrons. The van der Waals surface area contributed by atoms with Crippen molar-refractivity contribution in [1.82, 2.24) is 0 Å². The number of ether oxygens (including phenoxy) is 2. The van der Waals surface area contributed by atoms with E-state index in [-0.39, 0.29) is 17.1 Å². The van der Waals surface area contributed by atoms with Crippen LogP contribution in [-0.4, -0.2) is 36.0 Å². The number of amides is 1. The van der Waals surface area contributed by atoms with Crippen LogP contribution in [0.4, 0.5) is 17.1 Å². The third-order valence-electron chi connectivity index (χ3n) is 2.69. The van der Waals surface area contributed by atoms with Crippen LogP contribution in [0.25, 0.3) is 0 Å². The van der Waals surface area contributed by atoms with Gasteiger partial charge in [0.1, 0.15) is 0 Å². The maximum atomic E-state index is 12.1. The molecule has 0 aromatic heterocycles. The van der Waals surface area contributed by atoms with E-state index >= 15 is 0 Å². The number of nitrogens with two attached hydrogens (primary N) is 1. The minimum atomic E-state index is -1.45. The van der Waals surface area contributed by atoms with Crippen molar-refractivity contribution >= 4 is 34.9 Å². The molecule has 0 bridgehead atoms. The number of nitro benzene ring substituents is 1. The zero-order chi connectivity index (χ0) is 17.6. The molecule has 124 valence electrons. The predicted molar refractivity (Wildman–Crippen MR) is 78.3 cm³/mol. The highest BCUT2D eigenvalue weighted by atomic mass is 16.6. The molecule has 0 fully saturated rings. The number of methoxy groups -OCH3 is 1. The highest BCUT2D eigenvalue weighted by molar-refractivity contribution is 5.99. The van der Waals surface area contributed by atoms with E-state index in [2.05, 4.69) is 10.1 Å². The van der Waals surface area contributed by atoms with Gasteiger partial charge in [0.05, 0.1) is 29.8 Å². The van der Waals surface area contributed by atoms with Gasteiger partial charge in [-0.2, -0.15) is 0 Å². The number of carbonyl (C=O) groups excluding carboxylic acids is 3. The smallest absolute Gasteiger partial charge is 0.309 e. The second-order valence-corrected chi connectivity index (χ2v) is 4.40. The SMILES string of the molecule is COC(=O)CC(OC(C)=O)C(=O)Nc1cc([N+](=O)[O-])ccc1N. The fraction of sp³-hybridized carbons (Fsp3) is 0.308. The lowest BCUT2D eigenvalue weighted by atomic mass is 10.2. The maximum absolute atomic E-state index is 12.1. The van der Waals surface area contributed by atoms with Crippen LogP contribution >= 0.6 is 0 Å². The van der Waals surface area contributed by atoms with E-state index in [4.69, 9.17) is 10.5 Å². The van der Waals surface area contributed by atoms with E-state index in [1.807, 2.05) is 0 Å². The topological polar surface area (TPSA) is 151 Å². The minimum absolute atomic E-state index is 0.0359. The van der Waals surface area contributed by atoms with E-state index < -0.39 is 35.3 Å². The monoisotopic (exact) mass is 325 g/mol. The number of hydrogen-bond acceptors (Lipinski definition) is 8. The first-order valence-corrected chi connectivity index (χ1v) is 6.33. The number of benzene rings is 1. The first-order valence-electron chi connectivity index (χ1n) is 6.33. The van der Waals surface area contributed by atoms with Gasteiger partial charge in [-0.3, -0.25) is 24.5 Å². The Kier molecular flexibility index (Phi) is 6.01. The molecule has 10 heteroatoms. The molecule has 10 nitrogen and oxygen atoms in total. The van der Waals surface area contributed by atoms with E-state index in [9.17, 15) is 24.5 Å². The molecule has 0 aliphatic rings. The molecular weight excluding hydrogens is 310 g/mol. The number of nitrogens with zero attached hydrogens (tertiary/aromatic N) is 1. The van der Waals surface area contributed by atoms with Crippen LogP contribution in [-0.2, 0) is 23.9 Å². The molecule has 0 saturated carbocycles. The highest BCUT2D eigenvalue weighted by Gasteiger charge is 2.26. The maximum Gasteiger partial charge on any atom is 0.309 e. The molecule has 1 amide bonds. The van der Waals surface area contributed by atoms with Crippen molar-refractivity contribution in [3.05, 3.63) is 28.3 Å². The Balaban J connectivity index is 2.97. The van der Waals surface area contributed by atoms with Crippen molar-refractivity contribution in [3.63, 3.8) is 0 Å². The summed E-state index contributed by atoms with van der Waals surface area (Å²) in [5.41, 5.74) is 5.38. The van der Waals surface area contributed by atoms with E-state index in [0.29, 0.717) is 0 Å². The Bertz CT molecular complexity index is 644. The first-order chi connectivity index (χ1) is 10.7. The summed E-state index contributed by atoms with van der Waals surface area (Å²) in [5, 5.41) is 13.0. The van der Waals surface area contributed by atoms with Crippen LogP contribution < -0.4 is 11.1 Å². The molecule has 3 N–H and O–H groups in total. The summed E-state index contributed by atoms with van der Waals surface area (Å²) in [6, 6.07) is 3.47. The zero-order valence-electron chi connectivity index (χ0n) is 12.4. The number of esters is 2. The summed E-state index contributed by atoms with van der Waals surface area (Å²) in [6.07, 6.45) is -1.95. The van der Waals surface area contributed by atoms with E-state index in [1.165, 1.54) is 12.1 Å². The van der Waals surface area contributed by atoms with Crippen LogP contribution in [0.1, 0.15) is 13.3 Å². The molecule has 1 unspecified atom stereocenters. The lowest BCUT2D eigenvalue weighted by Gasteiger charge is -2.16. The normalized spacial score (nSPS) is 11.2. The fourth-order valence-electron chi connectivity index (χ4n) is 1.60. The Labute approximate surface area is 130 Å².